The van der Waals surface area contributed by atoms with E-state index in [4.69, 9.17) is 0 Å². The minimum atomic E-state index is -0.898. The molecule has 0 unspecified atom stereocenters. The lowest BCUT2D eigenvalue weighted by Gasteiger charge is -2.29. The first-order chi connectivity index (χ1) is 10.4. The third kappa shape index (κ3) is 3.53. The Hall–Kier alpha value is -1.75. The summed E-state index contributed by atoms with van der Waals surface area (Å²) in [6.07, 6.45) is 2.90. The van der Waals surface area contributed by atoms with Gasteiger partial charge in [-0.1, -0.05) is 23.3 Å². The molecule has 1 aromatic rings. The highest BCUT2D eigenvalue weighted by Crippen LogP contribution is 2.35. The summed E-state index contributed by atoms with van der Waals surface area (Å²) in [4.78, 5) is 25.1. The van der Waals surface area contributed by atoms with Gasteiger partial charge in [0.2, 0.25) is 5.91 Å². The van der Waals surface area contributed by atoms with Crippen molar-refractivity contribution in [3.8, 4) is 0 Å². The largest absolute Gasteiger partial charge is 0.481 e. The molecule has 0 radical (unpaired) electrons. The Labute approximate surface area is 135 Å². The first kappa shape index (κ1) is 16.6. The first-order valence-electron chi connectivity index (χ1n) is 7.26. The molecule has 118 valence electrons. The molecule has 1 aliphatic rings. The lowest BCUT2D eigenvalue weighted by molar-refractivity contribution is -0.146. The number of carbonyl (C=O) groups is 2. The summed E-state index contributed by atoms with van der Waals surface area (Å²) in [6, 6.07) is 7.56. The van der Waals surface area contributed by atoms with Gasteiger partial charge in [-0.25, -0.2) is 0 Å². The van der Waals surface area contributed by atoms with Crippen molar-refractivity contribution >= 4 is 29.3 Å². The molecule has 2 rings (SSSR count). The van der Waals surface area contributed by atoms with Crippen LogP contribution in [0.15, 0.2) is 40.3 Å². The normalized spacial score (nSPS) is 21.6. The van der Waals surface area contributed by atoms with E-state index in [9.17, 15) is 14.7 Å². The van der Waals surface area contributed by atoms with Gasteiger partial charge in [-0.05, 0) is 45.1 Å². The molecule has 22 heavy (non-hydrogen) atoms. The van der Waals surface area contributed by atoms with Crippen LogP contribution in [0.25, 0.3) is 0 Å². The van der Waals surface area contributed by atoms with Crippen LogP contribution in [0.5, 0.6) is 0 Å². The highest BCUT2D eigenvalue weighted by molar-refractivity contribution is 7.98. The number of carboxylic acid groups (broad SMARTS) is 1. The van der Waals surface area contributed by atoms with Crippen LogP contribution < -0.4 is 5.32 Å². The Kier molecular flexibility index (Phi) is 5.29. The molecule has 0 heterocycles. The number of thioether (sulfide) groups is 1. The number of hydrogen-bond acceptors (Lipinski definition) is 3. The van der Waals surface area contributed by atoms with E-state index in [1.54, 1.807) is 11.8 Å². The summed E-state index contributed by atoms with van der Waals surface area (Å²) in [5, 5.41) is 12.3. The van der Waals surface area contributed by atoms with Crippen LogP contribution in [0.4, 0.5) is 5.69 Å². The maximum Gasteiger partial charge on any atom is 0.307 e. The minimum absolute atomic E-state index is 0.208. The Morgan fingerprint density at radius 3 is 2.32 bits per heavy atom. The molecular formula is C17H21NO3S. The van der Waals surface area contributed by atoms with Gasteiger partial charge in [-0.3, -0.25) is 9.59 Å². The Bertz CT molecular complexity index is 624. The van der Waals surface area contributed by atoms with E-state index in [0.717, 1.165) is 21.7 Å². The first-order valence-corrected chi connectivity index (χ1v) is 8.48. The highest BCUT2D eigenvalue weighted by Gasteiger charge is 2.37. The molecular weight excluding hydrogens is 298 g/mol. The van der Waals surface area contributed by atoms with Gasteiger partial charge in [-0.2, -0.15) is 0 Å². The van der Waals surface area contributed by atoms with Crippen molar-refractivity contribution in [2.75, 3.05) is 11.6 Å². The van der Waals surface area contributed by atoms with Gasteiger partial charge >= 0.3 is 5.97 Å². The van der Waals surface area contributed by atoms with E-state index < -0.39 is 17.8 Å². The second-order valence-electron chi connectivity index (χ2n) is 5.71. The van der Waals surface area contributed by atoms with Crippen molar-refractivity contribution in [2.45, 2.75) is 31.6 Å². The zero-order chi connectivity index (χ0) is 16.3. The number of rotatable bonds is 4. The third-order valence-electron chi connectivity index (χ3n) is 4.29. The summed E-state index contributed by atoms with van der Waals surface area (Å²) in [6.45, 7) is 3.92. The number of carbonyl (C=O) groups excluding carboxylic acids is 1. The Morgan fingerprint density at radius 2 is 1.73 bits per heavy atom. The lowest BCUT2D eigenvalue weighted by Crippen LogP contribution is -2.36. The predicted molar refractivity (Wildman–Crippen MR) is 89.1 cm³/mol. The minimum Gasteiger partial charge on any atom is -0.481 e. The fourth-order valence-electron chi connectivity index (χ4n) is 2.80. The number of carboxylic acids is 1. The molecule has 0 aliphatic heterocycles. The van der Waals surface area contributed by atoms with Crippen LogP contribution in [-0.2, 0) is 9.59 Å². The summed E-state index contributed by atoms with van der Waals surface area (Å²) in [5.41, 5.74) is 2.95. The number of benzene rings is 1. The molecule has 1 aromatic carbocycles. The maximum atomic E-state index is 12.6. The average Bonchev–Trinajstić information content (AvgIpc) is 2.49. The van der Waals surface area contributed by atoms with E-state index >= 15 is 0 Å². The van der Waals surface area contributed by atoms with Gasteiger partial charge < -0.3 is 10.4 Å². The number of anilines is 1. The fourth-order valence-corrected chi connectivity index (χ4v) is 3.35. The Balaban J connectivity index is 2.22. The van der Waals surface area contributed by atoms with Crippen molar-refractivity contribution in [1.29, 1.82) is 0 Å². The molecule has 0 saturated heterocycles. The monoisotopic (exact) mass is 319 g/mol. The Morgan fingerprint density at radius 1 is 1.14 bits per heavy atom. The second kappa shape index (κ2) is 7.01. The topological polar surface area (TPSA) is 66.4 Å². The quantitative estimate of drug-likeness (QED) is 0.654. The lowest BCUT2D eigenvalue weighted by atomic mass is 9.76. The van der Waals surface area contributed by atoms with Crippen LogP contribution in [0, 0.1) is 11.8 Å². The van der Waals surface area contributed by atoms with Crippen molar-refractivity contribution in [3.05, 3.63) is 35.4 Å². The highest BCUT2D eigenvalue weighted by atomic mass is 32.2. The van der Waals surface area contributed by atoms with E-state index in [-0.39, 0.29) is 5.91 Å². The van der Waals surface area contributed by atoms with Crippen molar-refractivity contribution in [1.82, 2.24) is 0 Å². The summed E-state index contributed by atoms with van der Waals surface area (Å²) >= 11 is 1.55. The molecule has 0 fully saturated rings. The number of para-hydroxylation sites is 1. The number of nitrogens with one attached hydrogen (secondary N) is 1. The predicted octanol–water partition coefficient (Wildman–Crippen LogP) is 3.79. The number of aliphatic carboxylic acids is 1. The number of allylic oxidation sites excluding steroid dienone is 2. The van der Waals surface area contributed by atoms with Gasteiger partial charge in [0.25, 0.3) is 0 Å². The molecule has 0 bridgehead atoms. The van der Waals surface area contributed by atoms with E-state index in [1.807, 2.05) is 44.4 Å². The molecule has 1 aliphatic carbocycles. The van der Waals surface area contributed by atoms with Crippen LogP contribution in [0.1, 0.15) is 26.7 Å². The van der Waals surface area contributed by atoms with Gasteiger partial charge in [-0.15, -0.1) is 11.8 Å². The van der Waals surface area contributed by atoms with Gasteiger partial charge in [0.05, 0.1) is 17.5 Å². The zero-order valence-electron chi connectivity index (χ0n) is 13.1. The fraction of sp³-hybridized carbons (Fsp3) is 0.412. The van der Waals surface area contributed by atoms with Crippen molar-refractivity contribution in [2.24, 2.45) is 11.8 Å². The average molecular weight is 319 g/mol. The summed E-state index contributed by atoms with van der Waals surface area (Å²) in [5.74, 6) is -2.27. The zero-order valence-corrected chi connectivity index (χ0v) is 13.9. The maximum absolute atomic E-state index is 12.6. The summed E-state index contributed by atoms with van der Waals surface area (Å²) < 4.78 is 0. The third-order valence-corrected chi connectivity index (χ3v) is 5.08. The van der Waals surface area contributed by atoms with Crippen LogP contribution in [0.3, 0.4) is 0 Å². The second-order valence-corrected chi connectivity index (χ2v) is 6.56. The molecule has 2 N–H and O–H groups in total. The van der Waals surface area contributed by atoms with Crippen LogP contribution >= 0.6 is 11.8 Å². The van der Waals surface area contributed by atoms with Crippen LogP contribution in [-0.4, -0.2) is 23.2 Å². The number of amides is 1. The molecule has 2 atom stereocenters. The molecule has 0 spiro atoms. The smallest absolute Gasteiger partial charge is 0.307 e. The molecule has 0 saturated carbocycles. The van der Waals surface area contributed by atoms with Gasteiger partial charge in [0.15, 0.2) is 0 Å². The summed E-state index contributed by atoms with van der Waals surface area (Å²) in [7, 11) is 0. The molecule has 1 amide bonds. The van der Waals surface area contributed by atoms with E-state index in [0.29, 0.717) is 12.8 Å². The SMILES string of the molecule is CSc1ccccc1NC(=O)[C@@H]1CC(C)=C(C)C[C@H]1C(=O)O. The van der Waals surface area contributed by atoms with Gasteiger partial charge in [0, 0.05) is 4.90 Å². The van der Waals surface area contributed by atoms with Gasteiger partial charge in [0.1, 0.15) is 0 Å². The van der Waals surface area contributed by atoms with E-state index in [1.165, 1.54) is 0 Å². The number of hydrogen-bond donors (Lipinski definition) is 2. The van der Waals surface area contributed by atoms with Crippen LogP contribution in [0.2, 0.25) is 0 Å². The molecule has 5 heteroatoms. The van der Waals surface area contributed by atoms with Crippen molar-refractivity contribution in [3.63, 3.8) is 0 Å². The standard InChI is InChI=1S/C17H21NO3S/c1-10-8-12(13(17(20)21)9-11(10)2)16(19)18-14-6-4-5-7-15(14)22-3/h4-7,12-13H,8-9H2,1-3H3,(H,18,19)(H,20,21)/t12-,13-/m1/s1. The van der Waals surface area contributed by atoms with E-state index in [2.05, 4.69) is 5.32 Å². The van der Waals surface area contributed by atoms with Crippen molar-refractivity contribution < 1.29 is 14.7 Å². The molecule has 0 aromatic heterocycles. The molecule has 4 nitrogen and oxygen atoms in total.